The first-order chi connectivity index (χ1) is 17.1. The van der Waals surface area contributed by atoms with Gasteiger partial charge in [0.1, 0.15) is 23.1 Å². The fraction of sp³-hybridized carbons (Fsp3) is 0.407. The molecular formula is C27H30ClFN4O3. The lowest BCUT2D eigenvalue weighted by Crippen LogP contribution is -2.53. The lowest BCUT2D eigenvalue weighted by atomic mass is 9.81. The topological polar surface area (TPSA) is 88.7 Å². The van der Waals surface area contributed by atoms with Crippen LogP contribution in [0.15, 0.2) is 36.4 Å². The number of amides is 3. The molecule has 0 aliphatic carbocycles. The highest BCUT2D eigenvalue weighted by Crippen LogP contribution is 2.49. The van der Waals surface area contributed by atoms with Gasteiger partial charge in [-0.15, -0.1) is 0 Å². The number of phenolic OH excluding ortho intramolecular Hbond substituents is 1. The van der Waals surface area contributed by atoms with Gasteiger partial charge in [-0.1, -0.05) is 37.6 Å². The molecule has 2 aliphatic rings. The third-order valence-electron chi connectivity index (χ3n) is 7.18. The monoisotopic (exact) mass is 512 g/mol. The number of carbonyl (C=O) groups excluding carboxylic acids is 2. The molecule has 3 heterocycles. The minimum Gasteiger partial charge on any atom is -0.508 e. The minimum absolute atomic E-state index is 0.00450. The Morgan fingerprint density at radius 1 is 1.28 bits per heavy atom. The minimum atomic E-state index is -1.14. The fourth-order valence-corrected chi connectivity index (χ4v) is 5.67. The maximum Gasteiger partial charge on any atom is 0.328 e. The summed E-state index contributed by atoms with van der Waals surface area (Å²) in [6.07, 6.45) is 0.917. The molecule has 1 saturated heterocycles. The molecule has 7 nitrogen and oxygen atoms in total. The zero-order chi connectivity index (χ0) is 25.8. The molecule has 190 valence electrons. The zero-order valence-electron chi connectivity index (χ0n) is 20.6. The average molecular weight is 513 g/mol. The molecule has 9 heteroatoms. The molecule has 5 rings (SSSR count). The third-order valence-corrected chi connectivity index (χ3v) is 7.47. The quantitative estimate of drug-likeness (QED) is 0.308. The predicted octanol–water partition coefficient (Wildman–Crippen LogP) is 4.97. The highest BCUT2D eigenvalue weighted by atomic mass is 35.5. The van der Waals surface area contributed by atoms with E-state index in [1.807, 2.05) is 6.07 Å². The van der Waals surface area contributed by atoms with Crippen molar-refractivity contribution in [1.82, 2.24) is 20.1 Å². The van der Waals surface area contributed by atoms with Gasteiger partial charge in [0.05, 0.1) is 5.02 Å². The molecule has 2 atom stereocenters. The number of rotatable bonds is 7. The van der Waals surface area contributed by atoms with Crippen molar-refractivity contribution >= 4 is 34.4 Å². The summed E-state index contributed by atoms with van der Waals surface area (Å²) in [4.78, 5) is 33.8. The van der Waals surface area contributed by atoms with Crippen LogP contribution >= 0.6 is 11.6 Å². The summed E-state index contributed by atoms with van der Waals surface area (Å²) in [7, 11) is 0. The van der Waals surface area contributed by atoms with Crippen LogP contribution in [-0.2, 0) is 11.2 Å². The number of aromatic hydroxyl groups is 1. The van der Waals surface area contributed by atoms with Gasteiger partial charge in [-0.3, -0.25) is 14.6 Å². The molecule has 2 aromatic carbocycles. The van der Waals surface area contributed by atoms with E-state index in [2.05, 4.69) is 24.1 Å². The highest BCUT2D eigenvalue weighted by Gasteiger charge is 2.60. The Morgan fingerprint density at radius 2 is 2.06 bits per heavy atom. The number of aromatic amines is 1. The highest BCUT2D eigenvalue weighted by molar-refractivity contribution is 6.31. The predicted molar refractivity (Wildman–Crippen MR) is 137 cm³/mol. The van der Waals surface area contributed by atoms with E-state index in [0.29, 0.717) is 42.2 Å². The van der Waals surface area contributed by atoms with Crippen LogP contribution in [0.5, 0.6) is 5.75 Å². The van der Waals surface area contributed by atoms with Crippen molar-refractivity contribution in [2.24, 2.45) is 5.92 Å². The number of nitrogens with one attached hydrogen (secondary N) is 2. The van der Waals surface area contributed by atoms with Crippen molar-refractivity contribution in [2.75, 3.05) is 19.6 Å². The van der Waals surface area contributed by atoms with Crippen molar-refractivity contribution in [3.63, 3.8) is 0 Å². The maximum absolute atomic E-state index is 14.3. The Kier molecular flexibility index (Phi) is 6.21. The van der Waals surface area contributed by atoms with Crippen LogP contribution in [0.4, 0.5) is 9.18 Å². The second-order valence-corrected chi connectivity index (χ2v) is 10.7. The molecule has 2 aliphatic heterocycles. The number of benzene rings is 2. The van der Waals surface area contributed by atoms with E-state index in [0.717, 1.165) is 17.5 Å². The second kappa shape index (κ2) is 9.09. The number of halogens is 2. The largest absolute Gasteiger partial charge is 0.508 e. The van der Waals surface area contributed by atoms with Gasteiger partial charge in [-0.05, 0) is 67.7 Å². The summed E-state index contributed by atoms with van der Waals surface area (Å²) in [5.74, 6) is -0.234. The molecule has 0 radical (unpaired) electrons. The number of aromatic nitrogens is 1. The number of phenols is 1. The van der Waals surface area contributed by atoms with Gasteiger partial charge < -0.3 is 15.4 Å². The molecule has 1 aromatic heterocycles. The number of nitrogens with zero attached hydrogens (tertiary/aromatic N) is 2. The standard InChI is InChI=1S/C27H30ClFN4O3/c1-15(2)14-30-8-5-9-32-25(35)27(3)13-19-18-11-20(28)21(29)12-22(18)31-23(19)24(33(27)26(32)36)16-6-4-7-17(34)10-16/h4,6-7,10-12,15,24,30-31,34H,5,8-9,13-14H2,1-3H3/t24-,27+/m1/s1. The van der Waals surface area contributed by atoms with Crippen molar-refractivity contribution in [2.45, 2.75) is 45.2 Å². The Morgan fingerprint density at radius 3 is 2.78 bits per heavy atom. The van der Waals surface area contributed by atoms with Crippen LogP contribution in [0.3, 0.4) is 0 Å². The van der Waals surface area contributed by atoms with Crippen molar-refractivity contribution < 1.29 is 19.1 Å². The van der Waals surface area contributed by atoms with Crippen molar-refractivity contribution in [3.05, 3.63) is 64.1 Å². The number of carbonyl (C=O) groups is 2. The summed E-state index contributed by atoms with van der Waals surface area (Å²) in [6.45, 7) is 7.92. The first-order valence-corrected chi connectivity index (χ1v) is 12.6. The summed E-state index contributed by atoms with van der Waals surface area (Å²) in [6, 6.07) is 8.54. The Balaban J connectivity index is 1.57. The molecule has 3 aromatic rings. The Hall–Kier alpha value is -3.10. The van der Waals surface area contributed by atoms with Crippen LogP contribution < -0.4 is 5.32 Å². The van der Waals surface area contributed by atoms with E-state index in [1.54, 1.807) is 36.1 Å². The normalized spacial score (nSPS) is 21.6. The Bertz CT molecular complexity index is 1360. The number of fused-ring (bicyclic) bond motifs is 4. The summed E-state index contributed by atoms with van der Waals surface area (Å²) < 4.78 is 14.3. The SMILES string of the molecule is CC(C)CNCCCN1C(=O)N2[C@H](c3cccc(O)c3)c3[nH]c4cc(F)c(Cl)cc4c3C[C@@]2(C)C1=O. The molecule has 3 N–H and O–H groups in total. The molecular weight excluding hydrogens is 483 g/mol. The fourth-order valence-electron chi connectivity index (χ4n) is 5.50. The van der Waals surface area contributed by atoms with Gasteiger partial charge in [0.25, 0.3) is 5.91 Å². The Labute approximate surface area is 214 Å². The molecule has 0 bridgehead atoms. The van der Waals surface area contributed by atoms with Gasteiger partial charge in [-0.25, -0.2) is 9.18 Å². The van der Waals surface area contributed by atoms with E-state index in [1.165, 1.54) is 11.0 Å². The van der Waals surface area contributed by atoms with Crippen molar-refractivity contribution in [1.29, 1.82) is 0 Å². The molecule has 3 amide bonds. The summed E-state index contributed by atoms with van der Waals surface area (Å²) in [5.41, 5.74) is 1.57. The van der Waals surface area contributed by atoms with Gasteiger partial charge in [0, 0.05) is 29.6 Å². The summed E-state index contributed by atoms with van der Waals surface area (Å²) in [5, 5.41) is 14.3. The number of hydrogen-bond acceptors (Lipinski definition) is 4. The van der Waals surface area contributed by atoms with Gasteiger partial charge in [-0.2, -0.15) is 0 Å². The molecule has 0 unspecified atom stereocenters. The summed E-state index contributed by atoms with van der Waals surface area (Å²) >= 11 is 6.12. The number of imide groups is 1. The van der Waals surface area contributed by atoms with E-state index in [9.17, 15) is 19.1 Å². The van der Waals surface area contributed by atoms with E-state index >= 15 is 0 Å². The van der Waals surface area contributed by atoms with E-state index < -0.39 is 17.4 Å². The first-order valence-electron chi connectivity index (χ1n) is 12.3. The molecule has 0 spiro atoms. The molecule has 36 heavy (non-hydrogen) atoms. The van der Waals surface area contributed by atoms with Crippen LogP contribution in [0.25, 0.3) is 10.9 Å². The van der Waals surface area contributed by atoms with Crippen LogP contribution in [-0.4, -0.2) is 57.0 Å². The van der Waals surface area contributed by atoms with Crippen LogP contribution in [0.2, 0.25) is 5.02 Å². The van der Waals surface area contributed by atoms with Gasteiger partial charge >= 0.3 is 6.03 Å². The zero-order valence-corrected chi connectivity index (χ0v) is 21.3. The third kappa shape index (κ3) is 3.92. The number of H-pyrrole nitrogens is 1. The molecule has 0 saturated carbocycles. The lowest BCUT2D eigenvalue weighted by Gasteiger charge is -2.42. The lowest BCUT2D eigenvalue weighted by molar-refractivity contribution is -0.133. The van der Waals surface area contributed by atoms with Gasteiger partial charge in [0.15, 0.2) is 0 Å². The molecule has 1 fully saturated rings. The number of urea groups is 1. The van der Waals surface area contributed by atoms with Gasteiger partial charge in [0.2, 0.25) is 0 Å². The van der Waals surface area contributed by atoms with Crippen LogP contribution in [0, 0.1) is 11.7 Å². The number of hydrogen-bond donors (Lipinski definition) is 3. The van der Waals surface area contributed by atoms with Crippen LogP contribution in [0.1, 0.15) is 50.1 Å². The van der Waals surface area contributed by atoms with E-state index in [-0.39, 0.29) is 29.1 Å². The first kappa shape index (κ1) is 24.6. The van der Waals surface area contributed by atoms with E-state index in [4.69, 9.17) is 11.6 Å². The van der Waals surface area contributed by atoms with Crippen molar-refractivity contribution in [3.8, 4) is 5.75 Å². The smallest absolute Gasteiger partial charge is 0.328 e. The second-order valence-electron chi connectivity index (χ2n) is 10.3. The average Bonchev–Trinajstić information content (AvgIpc) is 3.24. The maximum atomic E-state index is 14.3.